The summed E-state index contributed by atoms with van der Waals surface area (Å²) in [5, 5.41) is 6.94. The number of guanidine groups is 1. The van der Waals surface area contributed by atoms with Crippen LogP contribution in [0.3, 0.4) is 0 Å². The molecule has 0 aromatic heterocycles. The molecule has 5 nitrogen and oxygen atoms in total. The molecule has 0 unspecified atom stereocenters. The first-order chi connectivity index (χ1) is 10.8. The Kier molecular flexibility index (Phi) is 11.1. The molecular weight excluding hydrogens is 276 g/mol. The Bertz CT molecular complexity index is 288. The van der Waals surface area contributed by atoms with Crippen LogP contribution in [0.5, 0.6) is 0 Å². The van der Waals surface area contributed by atoms with E-state index in [0.29, 0.717) is 6.04 Å². The highest BCUT2D eigenvalue weighted by Crippen LogP contribution is 2.10. The predicted octanol–water partition coefficient (Wildman–Crippen LogP) is 2.23. The van der Waals surface area contributed by atoms with Crippen LogP contribution in [0.25, 0.3) is 0 Å². The van der Waals surface area contributed by atoms with E-state index < -0.39 is 0 Å². The maximum absolute atomic E-state index is 5.57. The van der Waals surface area contributed by atoms with E-state index in [-0.39, 0.29) is 0 Å². The second-order valence-electron chi connectivity index (χ2n) is 6.08. The van der Waals surface area contributed by atoms with Gasteiger partial charge in [-0.3, -0.25) is 4.99 Å². The minimum absolute atomic E-state index is 0.556. The zero-order chi connectivity index (χ0) is 16.0. The Morgan fingerprint density at radius 3 is 2.50 bits per heavy atom. The summed E-state index contributed by atoms with van der Waals surface area (Å²) in [5.41, 5.74) is 0. The summed E-state index contributed by atoms with van der Waals surface area (Å²) in [4.78, 5) is 6.88. The van der Waals surface area contributed by atoms with Crippen molar-refractivity contribution in [2.24, 2.45) is 4.99 Å². The first-order valence-electron chi connectivity index (χ1n) is 9.07. The van der Waals surface area contributed by atoms with Gasteiger partial charge in [0.15, 0.2) is 5.96 Å². The number of nitrogens with one attached hydrogen (secondary N) is 2. The molecule has 0 atom stereocenters. The summed E-state index contributed by atoms with van der Waals surface area (Å²) in [6, 6.07) is 0.556. The van der Waals surface area contributed by atoms with Crippen LogP contribution in [0.15, 0.2) is 4.99 Å². The maximum atomic E-state index is 5.57. The average molecular weight is 313 g/mol. The van der Waals surface area contributed by atoms with E-state index in [1.54, 1.807) is 0 Å². The van der Waals surface area contributed by atoms with Gasteiger partial charge >= 0.3 is 0 Å². The molecule has 0 saturated carbocycles. The van der Waals surface area contributed by atoms with Gasteiger partial charge in [0.2, 0.25) is 0 Å². The van der Waals surface area contributed by atoms with Gasteiger partial charge in [0.05, 0.1) is 0 Å². The molecule has 1 fully saturated rings. The summed E-state index contributed by atoms with van der Waals surface area (Å²) in [7, 11) is 1.85. The molecule has 1 rings (SSSR count). The van der Waals surface area contributed by atoms with Crippen LogP contribution in [-0.2, 0) is 4.74 Å². The largest absolute Gasteiger partial charge is 0.381 e. The van der Waals surface area contributed by atoms with E-state index in [2.05, 4.69) is 34.4 Å². The molecule has 0 aromatic carbocycles. The van der Waals surface area contributed by atoms with Gasteiger partial charge in [0.25, 0.3) is 0 Å². The molecule has 1 aliphatic heterocycles. The number of aliphatic imine (C=N–C) groups is 1. The van der Waals surface area contributed by atoms with Crippen LogP contribution in [-0.4, -0.2) is 63.3 Å². The molecule has 5 heteroatoms. The highest BCUT2D eigenvalue weighted by molar-refractivity contribution is 5.79. The fraction of sp³-hybridized carbons (Fsp3) is 0.941. The Hall–Kier alpha value is -0.810. The van der Waals surface area contributed by atoms with Crippen LogP contribution < -0.4 is 10.6 Å². The highest BCUT2D eigenvalue weighted by Gasteiger charge is 2.18. The van der Waals surface area contributed by atoms with Crippen molar-refractivity contribution in [3.05, 3.63) is 0 Å². The molecule has 1 heterocycles. The summed E-state index contributed by atoms with van der Waals surface area (Å²) in [6.07, 6.45) is 7.06. The van der Waals surface area contributed by atoms with Crippen molar-refractivity contribution < 1.29 is 4.74 Å². The number of rotatable bonds is 10. The Labute approximate surface area is 136 Å². The fourth-order valence-electron chi connectivity index (χ4n) is 2.73. The summed E-state index contributed by atoms with van der Waals surface area (Å²) < 4.78 is 5.57. The van der Waals surface area contributed by atoms with Gasteiger partial charge in [-0.15, -0.1) is 0 Å². The third-order valence-electron chi connectivity index (χ3n) is 4.09. The number of hydrogen-bond acceptors (Lipinski definition) is 3. The second kappa shape index (κ2) is 12.7. The highest BCUT2D eigenvalue weighted by atomic mass is 16.5. The van der Waals surface area contributed by atoms with E-state index in [1.807, 2.05) is 7.05 Å². The van der Waals surface area contributed by atoms with Crippen molar-refractivity contribution in [2.75, 3.05) is 46.4 Å². The Morgan fingerprint density at radius 2 is 1.86 bits per heavy atom. The van der Waals surface area contributed by atoms with Crippen LogP contribution >= 0.6 is 0 Å². The molecule has 1 saturated heterocycles. The average Bonchev–Trinajstić information content (AvgIpc) is 2.55. The minimum atomic E-state index is 0.556. The number of ether oxygens (including phenoxy) is 1. The van der Waals surface area contributed by atoms with Gasteiger partial charge in [0, 0.05) is 45.9 Å². The third kappa shape index (κ3) is 8.59. The van der Waals surface area contributed by atoms with Gasteiger partial charge in [-0.05, 0) is 38.6 Å². The number of likely N-dealkylation sites (tertiary alicyclic amines) is 1. The first-order valence-corrected chi connectivity index (χ1v) is 9.07. The number of unbranched alkanes of at least 4 members (excludes halogenated alkanes) is 1. The van der Waals surface area contributed by atoms with E-state index in [1.165, 1.54) is 45.3 Å². The van der Waals surface area contributed by atoms with Crippen LogP contribution in [0.4, 0.5) is 0 Å². The predicted molar refractivity (Wildman–Crippen MR) is 94.6 cm³/mol. The topological polar surface area (TPSA) is 48.9 Å². The van der Waals surface area contributed by atoms with Crippen molar-refractivity contribution in [1.29, 1.82) is 0 Å². The second-order valence-corrected chi connectivity index (χ2v) is 6.08. The fourth-order valence-corrected chi connectivity index (χ4v) is 2.73. The molecule has 0 radical (unpaired) electrons. The SMILES string of the molecule is CCCCOCCCNC(=NC)NC1CCN(CCC)CC1. The molecule has 0 spiro atoms. The standard InChI is InChI=1S/C17H36N4O/c1-4-6-14-22-15-7-10-19-17(18-3)20-16-8-12-21(11-5-2)13-9-16/h16H,4-15H2,1-3H3,(H2,18,19,20). The van der Waals surface area contributed by atoms with E-state index in [0.717, 1.165) is 38.6 Å². The molecule has 1 aliphatic rings. The van der Waals surface area contributed by atoms with E-state index in [4.69, 9.17) is 4.74 Å². The van der Waals surface area contributed by atoms with Crippen molar-refractivity contribution in [3.63, 3.8) is 0 Å². The quantitative estimate of drug-likeness (QED) is 0.369. The summed E-state index contributed by atoms with van der Waals surface area (Å²) in [5.74, 6) is 0.933. The van der Waals surface area contributed by atoms with Crippen molar-refractivity contribution in [3.8, 4) is 0 Å². The third-order valence-corrected chi connectivity index (χ3v) is 4.09. The summed E-state index contributed by atoms with van der Waals surface area (Å²) in [6.45, 7) is 10.7. The normalized spacial score (nSPS) is 17.7. The van der Waals surface area contributed by atoms with E-state index in [9.17, 15) is 0 Å². The Morgan fingerprint density at radius 1 is 1.14 bits per heavy atom. The monoisotopic (exact) mass is 312 g/mol. The zero-order valence-electron chi connectivity index (χ0n) is 14.9. The molecule has 0 aliphatic carbocycles. The molecule has 130 valence electrons. The van der Waals surface area contributed by atoms with Crippen LogP contribution in [0, 0.1) is 0 Å². The zero-order valence-corrected chi connectivity index (χ0v) is 14.9. The molecule has 0 aromatic rings. The number of piperidine rings is 1. The number of hydrogen-bond donors (Lipinski definition) is 2. The van der Waals surface area contributed by atoms with Crippen molar-refractivity contribution in [1.82, 2.24) is 15.5 Å². The van der Waals surface area contributed by atoms with E-state index >= 15 is 0 Å². The molecular formula is C17H36N4O. The molecule has 2 N–H and O–H groups in total. The lowest BCUT2D eigenvalue weighted by molar-refractivity contribution is 0.129. The maximum Gasteiger partial charge on any atom is 0.191 e. The minimum Gasteiger partial charge on any atom is -0.381 e. The lowest BCUT2D eigenvalue weighted by Crippen LogP contribution is -2.49. The molecule has 0 bridgehead atoms. The summed E-state index contributed by atoms with van der Waals surface area (Å²) >= 11 is 0. The smallest absolute Gasteiger partial charge is 0.191 e. The lowest BCUT2D eigenvalue weighted by Gasteiger charge is -2.32. The molecule has 22 heavy (non-hydrogen) atoms. The van der Waals surface area contributed by atoms with Gasteiger partial charge in [0.1, 0.15) is 0 Å². The Balaban J connectivity index is 2.08. The van der Waals surface area contributed by atoms with Crippen molar-refractivity contribution >= 4 is 5.96 Å². The van der Waals surface area contributed by atoms with Gasteiger partial charge in [-0.1, -0.05) is 20.3 Å². The lowest BCUT2D eigenvalue weighted by atomic mass is 10.1. The number of nitrogens with zero attached hydrogens (tertiary/aromatic N) is 2. The first kappa shape index (κ1) is 19.2. The van der Waals surface area contributed by atoms with Gasteiger partial charge < -0.3 is 20.3 Å². The van der Waals surface area contributed by atoms with Gasteiger partial charge in [-0.25, -0.2) is 0 Å². The van der Waals surface area contributed by atoms with Gasteiger partial charge in [-0.2, -0.15) is 0 Å². The van der Waals surface area contributed by atoms with Crippen molar-refractivity contribution in [2.45, 2.75) is 58.4 Å². The molecule has 0 amide bonds. The van der Waals surface area contributed by atoms with Crippen LogP contribution in [0.1, 0.15) is 52.4 Å². The van der Waals surface area contributed by atoms with Crippen LogP contribution in [0.2, 0.25) is 0 Å².